The minimum Gasteiger partial charge on any atom is -0.483 e. The molecule has 2 aliphatic heterocycles. The number of aromatic nitrogens is 3. The molecule has 238 valence electrons. The zero-order valence-electron chi connectivity index (χ0n) is 24.3. The van der Waals surface area contributed by atoms with Gasteiger partial charge in [0.25, 0.3) is 6.47 Å². The number of ether oxygens (including phenoxy) is 1. The number of likely N-dealkylation sites (tertiary alicyclic amines) is 1. The lowest BCUT2D eigenvalue weighted by atomic mass is 9.89. The van der Waals surface area contributed by atoms with Crippen molar-refractivity contribution in [1.29, 1.82) is 5.26 Å². The normalized spacial score (nSPS) is 22.6. The average molecular weight is 632 g/mol. The summed E-state index contributed by atoms with van der Waals surface area (Å²) in [4.78, 5) is 36.3. The number of hydrogen-bond acceptors (Lipinski definition) is 9. The fraction of sp³-hybridized carbons (Fsp3) is 0.345. The number of carboxylic acid groups (broad SMARTS) is 1. The molecule has 16 heteroatoms. The summed E-state index contributed by atoms with van der Waals surface area (Å²) < 4.78 is 47.2. The number of fused-ring (bicyclic) bond motifs is 1. The van der Waals surface area contributed by atoms with E-state index < -0.39 is 41.6 Å². The zero-order valence-corrected chi connectivity index (χ0v) is 24.3. The van der Waals surface area contributed by atoms with E-state index in [1.165, 1.54) is 30.0 Å². The number of nitrogens with zero attached hydrogens (tertiary/aromatic N) is 5. The number of halogens is 3. The van der Waals surface area contributed by atoms with E-state index in [0.717, 1.165) is 23.8 Å². The number of allylic oxidation sites excluding steroid dienone is 1. The highest BCUT2D eigenvalue weighted by Gasteiger charge is 2.44. The quantitative estimate of drug-likeness (QED) is 0.185. The Morgan fingerprint density at radius 2 is 1.87 bits per heavy atom. The summed E-state index contributed by atoms with van der Waals surface area (Å²) in [7, 11) is 2.98. The van der Waals surface area contributed by atoms with Crippen LogP contribution in [0.1, 0.15) is 35.2 Å². The highest BCUT2D eigenvalue weighted by atomic mass is 19.4. The van der Waals surface area contributed by atoms with Gasteiger partial charge in [-0.1, -0.05) is 12.1 Å². The number of nitriles is 1. The van der Waals surface area contributed by atoms with E-state index in [1.54, 1.807) is 12.1 Å². The van der Waals surface area contributed by atoms with Crippen LogP contribution >= 0.6 is 0 Å². The largest absolute Gasteiger partial charge is 0.483 e. The summed E-state index contributed by atoms with van der Waals surface area (Å²) in [6.45, 7) is 1.94. The van der Waals surface area contributed by atoms with E-state index in [1.807, 2.05) is 7.05 Å². The van der Waals surface area contributed by atoms with Gasteiger partial charge in [0.05, 0.1) is 36.9 Å². The third-order valence-electron chi connectivity index (χ3n) is 7.80. The third-order valence-corrected chi connectivity index (χ3v) is 7.80. The topological polar surface area (TPSA) is 182 Å². The molecule has 13 nitrogen and oxygen atoms in total. The molecule has 4 N–H and O–H groups in total. The maximum Gasteiger partial charge on any atom is 0.416 e. The minimum absolute atomic E-state index is 0.0144. The summed E-state index contributed by atoms with van der Waals surface area (Å²) in [5.74, 6) is -0.881. The lowest BCUT2D eigenvalue weighted by Gasteiger charge is -2.37. The number of benzene rings is 2. The van der Waals surface area contributed by atoms with Crippen LogP contribution in [-0.2, 0) is 27.0 Å². The van der Waals surface area contributed by atoms with Crippen LogP contribution in [0, 0.1) is 11.3 Å². The Morgan fingerprint density at radius 1 is 1.22 bits per heavy atom. The first kappa shape index (κ1) is 32.9. The summed E-state index contributed by atoms with van der Waals surface area (Å²) in [5, 5.41) is 43.5. The molecule has 0 amide bonds. The Labute approximate surface area is 254 Å². The van der Waals surface area contributed by atoms with Crippen molar-refractivity contribution < 1.29 is 47.3 Å². The molecule has 2 aliphatic rings. The number of aliphatic hydroxyl groups is 2. The molecule has 2 unspecified atom stereocenters. The van der Waals surface area contributed by atoms with Gasteiger partial charge in [0.15, 0.2) is 0 Å². The molecule has 1 aromatic heterocycles. The number of H-pyrrole nitrogens is 1. The van der Waals surface area contributed by atoms with Crippen LogP contribution in [0.15, 0.2) is 58.5 Å². The molecule has 5 rings (SSSR count). The smallest absolute Gasteiger partial charge is 0.416 e. The SMILES string of the molecule is COC(=O)C1=C(C)N(c2cccc(C(F)(F)F)c2)c2n[nH]c(=O)n2[C@@H]1c1ccc(C#N)cc1C[N+]1(C)CC(O)C(O)C1.O=CO. The van der Waals surface area contributed by atoms with Crippen LogP contribution in [-0.4, -0.2) is 86.5 Å². The number of aromatic amines is 1. The van der Waals surface area contributed by atoms with Gasteiger partial charge in [-0.3, -0.25) is 9.69 Å². The number of methoxy groups -OCH3 is 1. The van der Waals surface area contributed by atoms with Crippen molar-refractivity contribution in [2.75, 3.05) is 32.1 Å². The summed E-state index contributed by atoms with van der Waals surface area (Å²) in [6.07, 6.45) is -6.55. The second-order valence-electron chi connectivity index (χ2n) is 10.9. The van der Waals surface area contributed by atoms with E-state index in [4.69, 9.17) is 14.6 Å². The van der Waals surface area contributed by atoms with Crippen molar-refractivity contribution >= 4 is 24.1 Å². The molecule has 0 saturated carbocycles. The molecular formula is C29H30F3N6O7+. The van der Waals surface area contributed by atoms with Crippen molar-refractivity contribution in [3.8, 4) is 6.07 Å². The maximum absolute atomic E-state index is 13.6. The lowest BCUT2D eigenvalue weighted by Crippen LogP contribution is -2.43. The number of quaternary nitrogens is 1. The predicted molar refractivity (Wildman–Crippen MR) is 151 cm³/mol. The molecule has 3 atom stereocenters. The number of nitrogens with one attached hydrogen (secondary N) is 1. The Bertz CT molecular complexity index is 1730. The first-order chi connectivity index (χ1) is 21.2. The number of esters is 1. The second kappa shape index (κ2) is 12.6. The van der Waals surface area contributed by atoms with Crippen LogP contribution in [0.25, 0.3) is 0 Å². The molecule has 0 aliphatic carbocycles. The number of rotatable bonds is 5. The van der Waals surface area contributed by atoms with Crippen LogP contribution < -0.4 is 10.6 Å². The number of alkyl halides is 3. The van der Waals surface area contributed by atoms with Gasteiger partial charge in [-0.05, 0) is 42.8 Å². The highest BCUT2D eigenvalue weighted by molar-refractivity contribution is 5.93. The summed E-state index contributed by atoms with van der Waals surface area (Å²) in [6, 6.07) is 10.1. The van der Waals surface area contributed by atoms with E-state index in [0.29, 0.717) is 16.7 Å². The van der Waals surface area contributed by atoms with Gasteiger partial charge in [-0.2, -0.15) is 18.4 Å². The number of anilines is 2. The predicted octanol–water partition coefficient (Wildman–Crippen LogP) is 2.03. The van der Waals surface area contributed by atoms with Gasteiger partial charge in [-0.25, -0.2) is 19.3 Å². The Kier molecular flexibility index (Phi) is 9.19. The van der Waals surface area contributed by atoms with Gasteiger partial charge in [0.1, 0.15) is 37.9 Å². The number of carbonyl (C=O) groups excluding carboxylic acids is 1. The fourth-order valence-electron chi connectivity index (χ4n) is 5.92. The van der Waals surface area contributed by atoms with E-state index >= 15 is 0 Å². The van der Waals surface area contributed by atoms with Gasteiger partial charge < -0.3 is 24.5 Å². The minimum atomic E-state index is -4.64. The lowest BCUT2D eigenvalue weighted by molar-refractivity contribution is -0.913. The molecule has 0 bridgehead atoms. The number of likely N-dealkylation sites (N-methyl/N-ethyl adjacent to an activating group) is 1. The molecule has 1 saturated heterocycles. The Hall–Kier alpha value is -4.98. The monoisotopic (exact) mass is 631 g/mol. The zero-order chi connectivity index (χ0) is 33.3. The van der Waals surface area contributed by atoms with Crippen molar-refractivity contribution in [3.05, 3.63) is 86.5 Å². The van der Waals surface area contributed by atoms with Gasteiger partial charge in [0.2, 0.25) is 5.95 Å². The molecule has 0 radical (unpaired) electrons. The third kappa shape index (κ3) is 6.32. The fourth-order valence-corrected chi connectivity index (χ4v) is 5.92. The van der Waals surface area contributed by atoms with Gasteiger partial charge in [0, 0.05) is 16.9 Å². The molecule has 1 fully saturated rings. The van der Waals surface area contributed by atoms with Crippen molar-refractivity contribution in [3.63, 3.8) is 0 Å². The van der Waals surface area contributed by atoms with Crippen LogP contribution in [0.2, 0.25) is 0 Å². The van der Waals surface area contributed by atoms with Crippen molar-refractivity contribution in [2.45, 2.75) is 37.9 Å². The number of aliphatic hydroxyl groups excluding tert-OH is 2. The van der Waals surface area contributed by atoms with Gasteiger partial charge in [-0.15, -0.1) is 5.10 Å². The van der Waals surface area contributed by atoms with E-state index in [-0.39, 0.29) is 53.5 Å². The van der Waals surface area contributed by atoms with Crippen molar-refractivity contribution in [2.24, 2.45) is 0 Å². The van der Waals surface area contributed by atoms with Crippen LogP contribution in [0.4, 0.5) is 24.8 Å². The Balaban J connectivity index is 0.00000148. The van der Waals surface area contributed by atoms with Gasteiger partial charge >= 0.3 is 17.8 Å². The van der Waals surface area contributed by atoms with Crippen LogP contribution in [0.5, 0.6) is 0 Å². The number of carbonyl (C=O) groups is 2. The summed E-state index contributed by atoms with van der Waals surface area (Å²) >= 11 is 0. The molecule has 2 aromatic carbocycles. The number of hydrogen-bond donors (Lipinski definition) is 4. The van der Waals surface area contributed by atoms with E-state index in [2.05, 4.69) is 16.3 Å². The van der Waals surface area contributed by atoms with Crippen LogP contribution in [0.3, 0.4) is 0 Å². The highest BCUT2D eigenvalue weighted by Crippen LogP contribution is 2.44. The molecular weight excluding hydrogens is 601 g/mol. The molecule has 0 spiro atoms. The molecule has 3 aromatic rings. The molecule has 3 heterocycles. The van der Waals surface area contributed by atoms with E-state index in [9.17, 15) is 38.2 Å². The average Bonchev–Trinajstić information content (AvgIpc) is 3.48. The first-order valence-electron chi connectivity index (χ1n) is 13.4. The summed E-state index contributed by atoms with van der Waals surface area (Å²) in [5.41, 5.74) is -0.186. The second-order valence-corrected chi connectivity index (χ2v) is 10.9. The first-order valence-corrected chi connectivity index (χ1v) is 13.4. The standard InChI is InChI=1S/C28H27F3N6O5.CH2O2/c1-15-23(25(40)42-3)24(20-8-7-16(11-32)9-17(20)12-37(2)13-21(38)22(39)14-37)36-26(33-34-27(36)41)35(15)19-6-4-5-18(10-19)28(29,30)31;2-1-3/h4-10,21-22,24,38-39H,12-14H2,1-3H3;1H,(H,2,3)/p+1/t21?,22?,24-,37?;/m1./s1. The van der Waals surface area contributed by atoms with Crippen molar-refractivity contribution in [1.82, 2.24) is 14.8 Å². The maximum atomic E-state index is 13.6. The molecule has 45 heavy (non-hydrogen) atoms. The Morgan fingerprint density at radius 3 is 2.44 bits per heavy atom.